The molecule has 118 valence electrons. The first-order valence-electron chi connectivity index (χ1n) is 6.67. The van der Waals surface area contributed by atoms with Crippen LogP contribution >= 0.6 is 23.8 Å². The van der Waals surface area contributed by atoms with Gasteiger partial charge in [-0.1, -0.05) is 17.7 Å². The van der Waals surface area contributed by atoms with Crippen LogP contribution in [-0.4, -0.2) is 30.9 Å². The Morgan fingerprint density at radius 2 is 2.17 bits per heavy atom. The van der Waals surface area contributed by atoms with Crippen molar-refractivity contribution < 1.29 is 4.39 Å². The second kappa shape index (κ2) is 6.05. The summed E-state index contributed by atoms with van der Waals surface area (Å²) in [7, 11) is 0. The molecule has 0 bridgehead atoms. The van der Waals surface area contributed by atoms with Gasteiger partial charge in [0.05, 0.1) is 16.9 Å². The van der Waals surface area contributed by atoms with Crippen molar-refractivity contribution in [2.75, 3.05) is 0 Å². The minimum Gasteiger partial charge on any atom is -0.248 e. The topological polar surface area (TPSA) is 63.8 Å². The number of aromatic nitrogens is 5. The number of nitrogens with one attached hydrogen (secondary N) is 1. The van der Waals surface area contributed by atoms with Gasteiger partial charge in [-0.15, -0.1) is 5.10 Å². The van der Waals surface area contributed by atoms with E-state index >= 15 is 0 Å². The second-order valence-electron chi connectivity index (χ2n) is 4.86. The van der Waals surface area contributed by atoms with Gasteiger partial charge in [0.15, 0.2) is 0 Å². The number of H-pyrrole nitrogens is 1. The Labute approximate surface area is 141 Å². The third-order valence-electron chi connectivity index (χ3n) is 3.13. The molecular weight excluding hydrogens is 339 g/mol. The lowest BCUT2D eigenvalue weighted by atomic mass is 10.2. The highest BCUT2D eigenvalue weighted by atomic mass is 35.5. The molecule has 2 heterocycles. The van der Waals surface area contributed by atoms with Crippen LogP contribution in [0, 0.1) is 24.4 Å². The first kappa shape index (κ1) is 15.6. The first-order valence-corrected chi connectivity index (χ1v) is 7.45. The van der Waals surface area contributed by atoms with Gasteiger partial charge < -0.3 is 0 Å². The van der Waals surface area contributed by atoms with Gasteiger partial charge in [0.1, 0.15) is 5.82 Å². The second-order valence-corrected chi connectivity index (χ2v) is 5.65. The summed E-state index contributed by atoms with van der Waals surface area (Å²) in [6.07, 6.45) is 1.30. The number of benzene rings is 1. The van der Waals surface area contributed by atoms with Gasteiger partial charge in [-0.3, -0.25) is 0 Å². The monoisotopic (exact) mass is 350 g/mol. The van der Waals surface area contributed by atoms with Crippen LogP contribution in [0.4, 0.5) is 4.39 Å². The zero-order valence-electron chi connectivity index (χ0n) is 12.3. The number of aryl methyl sites for hydroxylation is 2. The summed E-state index contributed by atoms with van der Waals surface area (Å²) in [5.74, 6) is -0.0896. The molecule has 0 spiro atoms. The summed E-state index contributed by atoms with van der Waals surface area (Å²) in [6.45, 7) is 3.76. The molecule has 0 unspecified atom stereocenters. The highest BCUT2D eigenvalue weighted by Gasteiger charge is 2.12. The summed E-state index contributed by atoms with van der Waals surface area (Å²) >= 11 is 11.2. The van der Waals surface area contributed by atoms with E-state index in [1.165, 1.54) is 23.0 Å². The highest BCUT2D eigenvalue weighted by Crippen LogP contribution is 2.17. The van der Waals surface area contributed by atoms with Crippen LogP contribution in [0.2, 0.25) is 5.02 Å². The van der Waals surface area contributed by atoms with Crippen LogP contribution in [0.5, 0.6) is 0 Å². The van der Waals surface area contributed by atoms with E-state index in [1.807, 2.05) is 19.9 Å². The Hall–Kier alpha value is -2.32. The van der Waals surface area contributed by atoms with Crippen molar-refractivity contribution in [3.63, 3.8) is 0 Å². The Kier molecular flexibility index (Phi) is 4.10. The molecule has 3 rings (SSSR count). The van der Waals surface area contributed by atoms with E-state index in [2.05, 4.69) is 20.4 Å². The Morgan fingerprint density at radius 1 is 1.39 bits per heavy atom. The molecule has 0 amide bonds. The third-order valence-corrected chi connectivity index (χ3v) is 3.73. The maximum atomic E-state index is 13.8. The Morgan fingerprint density at radius 3 is 2.83 bits per heavy atom. The summed E-state index contributed by atoms with van der Waals surface area (Å²) in [6, 6.07) is 6.33. The van der Waals surface area contributed by atoms with Gasteiger partial charge in [-0.25, -0.2) is 14.2 Å². The van der Waals surface area contributed by atoms with Crippen molar-refractivity contribution in [2.45, 2.75) is 13.8 Å². The lowest BCUT2D eigenvalue weighted by molar-refractivity contribution is 0.625. The number of hydrogen-bond acceptors (Lipinski definition) is 4. The summed E-state index contributed by atoms with van der Waals surface area (Å²) in [5.41, 5.74) is 1.89. The summed E-state index contributed by atoms with van der Waals surface area (Å²) in [4.78, 5) is 0. The van der Waals surface area contributed by atoms with E-state index in [9.17, 15) is 4.39 Å². The summed E-state index contributed by atoms with van der Waals surface area (Å²) < 4.78 is 17.0. The molecule has 0 radical (unpaired) electrons. The van der Waals surface area contributed by atoms with E-state index in [0.717, 1.165) is 11.4 Å². The van der Waals surface area contributed by atoms with Crippen LogP contribution in [0.15, 0.2) is 29.4 Å². The van der Waals surface area contributed by atoms with Gasteiger partial charge in [0.2, 0.25) is 4.77 Å². The molecule has 9 heteroatoms. The Balaban J connectivity index is 2.08. The highest BCUT2D eigenvalue weighted by molar-refractivity contribution is 7.71. The largest absolute Gasteiger partial charge is 0.271 e. The number of nitrogens with zero attached hydrogens (tertiary/aromatic N) is 5. The van der Waals surface area contributed by atoms with Gasteiger partial charge in [-0.05, 0) is 44.3 Å². The third kappa shape index (κ3) is 2.95. The maximum absolute atomic E-state index is 13.8. The minimum absolute atomic E-state index is 0.177. The predicted octanol–water partition coefficient (Wildman–Crippen LogP) is 3.42. The lowest BCUT2D eigenvalue weighted by Crippen LogP contribution is -2.07. The number of hydrogen-bond donors (Lipinski definition) is 1. The molecule has 0 saturated carbocycles. The molecule has 6 nitrogen and oxygen atoms in total. The van der Waals surface area contributed by atoms with E-state index in [0.29, 0.717) is 5.95 Å². The number of rotatable bonds is 3. The fraction of sp³-hybridized carbons (Fsp3) is 0.143. The van der Waals surface area contributed by atoms with Gasteiger partial charge in [0.25, 0.3) is 5.95 Å². The first-order chi connectivity index (χ1) is 11.0. The average molecular weight is 351 g/mol. The fourth-order valence-corrected chi connectivity index (χ4v) is 2.49. The van der Waals surface area contributed by atoms with E-state index in [4.69, 9.17) is 23.8 Å². The normalized spacial score (nSPS) is 11.5. The summed E-state index contributed by atoms with van der Waals surface area (Å²) in [5, 5.41) is 15.6. The molecule has 0 saturated heterocycles. The molecule has 3 aromatic rings. The molecule has 1 N–H and O–H groups in total. The quantitative estimate of drug-likeness (QED) is 0.581. The molecule has 0 atom stereocenters. The van der Waals surface area contributed by atoms with Crippen LogP contribution in [0.25, 0.3) is 5.95 Å². The van der Waals surface area contributed by atoms with E-state index in [-0.39, 0.29) is 15.4 Å². The van der Waals surface area contributed by atoms with Gasteiger partial charge in [-0.2, -0.15) is 14.9 Å². The maximum Gasteiger partial charge on any atom is 0.271 e. The zero-order chi connectivity index (χ0) is 16.6. The fourth-order valence-electron chi connectivity index (χ4n) is 2.11. The smallest absolute Gasteiger partial charge is 0.248 e. The molecule has 2 aromatic heterocycles. The van der Waals surface area contributed by atoms with Gasteiger partial charge in [0, 0.05) is 11.3 Å². The lowest BCUT2D eigenvalue weighted by Gasteiger charge is -2.03. The van der Waals surface area contributed by atoms with E-state index < -0.39 is 5.82 Å². The molecule has 0 fully saturated rings. The van der Waals surface area contributed by atoms with Gasteiger partial charge >= 0.3 is 0 Å². The number of halogens is 2. The van der Waals surface area contributed by atoms with Crippen molar-refractivity contribution in [2.24, 2.45) is 5.10 Å². The molecule has 0 aliphatic heterocycles. The zero-order valence-corrected chi connectivity index (χ0v) is 13.9. The van der Waals surface area contributed by atoms with Crippen molar-refractivity contribution in [3.8, 4) is 5.95 Å². The molecule has 1 aromatic carbocycles. The SMILES string of the molecule is Cc1cc(C)n(-c2n[nH]c(=S)n2/N=C\c2c(F)cccc2Cl)n1. The average Bonchev–Trinajstić information content (AvgIpc) is 3.01. The predicted molar refractivity (Wildman–Crippen MR) is 88.4 cm³/mol. The molecule has 23 heavy (non-hydrogen) atoms. The van der Waals surface area contributed by atoms with Crippen LogP contribution in [0.1, 0.15) is 17.0 Å². The van der Waals surface area contributed by atoms with Crippen LogP contribution < -0.4 is 0 Å². The van der Waals surface area contributed by atoms with Crippen molar-refractivity contribution >= 4 is 30.0 Å². The van der Waals surface area contributed by atoms with Crippen molar-refractivity contribution in [1.82, 2.24) is 24.7 Å². The minimum atomic E-state index is -0.469. The van der Waals surface area contributed by atoms with Crippen LogP contribution in [-0.2, 0) is 0 Å². The van der Waals surface area contributed by atoms with E-state index in [1.54, 1.807) is 10.7 Å². The van der Waals surface area contributed by atoms with Crippen molar-refractivity contribution in [1.29, 1.82) is 0 Å². The standard InChI is InChI=1S/C14H12ClFN6S/c1-8-6-9(2)21(20-8)13-18-19-14(23)22(13)17-7-10-11(15)4-3-5-12(10)16/h3-7H,1-2H3,(H,19,23)/b17-7-. The van der Waals surface area contributed by atoms with Crippen molar-refractivity contribution in [3.05, 3.63) is 56.8 Å². The molecule has 0 aliphatic carbocycles. The number of aromatic amines is 1. The Bertz CT molecular complexity index is 934. The molecule has 0 aliphatic rings. The molecular formula is C14H12ClFN6S. The van der Waals surface area contributed by atoms with Crippen LogP contribution in [0.3, 0.4) is 0 Å².